The van der Waals surface area contributed by atoms with E-state index in [0.29, 0.717) is 0 Å². The Labute approximate surface area is 57.2 Å². The first-order chi connectivity index (χ1) is 2.00. The Bertz CT molecular complexity index is 95.6. The van der Waals surface area contributed by atoms with Gasteiger partial charge in [-0.25, -0.2) is 0 Å². The van der Waals surface area contributed by atoms with E-state index in [9.17, 15) is 0 Å². The van der Waals surface area contributed by atoms with E-state index in [-0.39, 0.29) is 28.7 Å². The Morgan fingerprint density at radius 3 is 1.12 bits per heavy atom. The van der Waals surface area contributed by atoms with Crippen LogP contribution in [0, 0.1) is 0 Å². The molecule has 0 saturated heterocycles. The molecule has 0 aliphatic rings. The van der Waals surface area contributed by atoms with E-state index in [1.807, 2.05) is 0 Å². The van der Waals surface area contributed by atoms with Crippen molar-refractivity contribution in [2.24, 2.45) is 0 Å². The molecule has 0 atom stereocenters. The molecule has 0 heterocycles. The van der Waals surface area contributed by atoms with Crippen LogP contribution in [0.4, 0.5) is 0 Å². The minimum atomic E-state index is -5.17. The fourth-order valence-corrected chi connectivity index (χ4v) is 0. The molecule has 0 amide bonds. The van der Waals surface area contributed by atoms with Crippen LogP contribution in [0.2, 0.25) is 0 Å². The molecular formula is H6MnNO5S-. The molecule has 0 aromatic rings. The Morgan fingerprint density at radius 2 is 1.12 bits per heavy atom. The predicted octanol–water partition coefficient (Wildman–Crippen LogP) is -1.79. The van der Waals surface area contributed by atoms with Crippen molar-refractivity contribution in [3.8, 4) is 0 Å². The zero-order valence-electron chi connectivity index (χ0n) is 3.92. The summed E-state index contributed by atoms with van der Waals surface area (Å²) in [5.41, 5.74) is 0. The minimum Gasteiger partial charge on any atom is -0.759 e. The van der Waals surface area contributed by atoms with Gasteiger partial charge in [0.1, 0.15) is 0 Å². The molecule has 0 aromatic heterocycles. The van der Waals surface area contributed by atoms with E-state index >= 15 is 0 Å². The summed E-state index contributed by atoms with van der Waals surface area (Å²) in [5.74, 6) is 0. The van der Waals surface area contributed by atoms with Gasteiger partial charge in [0.05, 0.1) is 0 Å². The van der Waals surface area contributed by atoms with Crippen LogP contribution in [0.25, 0.3) is 0 Å². The van der Waals surface area contributed by atoms with E-state index in [4.69, 9.17) is 17.5 Å². The Kier molecular flexibility index (Phi) is 21.8. The van der Waals surface area contributed by atoms with E-state index < -0.39 is 10.4 Å². The van der Waals surface area contributed by atoms with Gasteiger partial charge in [0.15, 0.2) is 0 Å². The second kappa shape index (κ2) is 7.31. The van der Waals surface area contributed by atoms with Crippen molar-refractivity contribution in [3.05, 3.63) is 0 Å². The quantitative estimate of drug-likeness (QED) is 0.270. The van der Waals surface area contributed by atoms with Crippen molar-refractivity contribution in [2.75, 3.05) is 0 Å². The summed E-state index contributed by atoms with van der Waals surface area (Å²) >= 11 is 0. The van der Waals surface area contributed by atoms with Crippen LogP contribution >= 0.6 is 0 Å². The van der Waals surface area contributed by atoms with Gasteiger partial charge in [-0.3, -0.25) is 8.42 Å². The Hall–Kier alpha value is 0.309. The summed E-state index contributed by atoms with van der Waals surface area (Å²) in [6, 6.07) is 0. The second-order valence-corrected chi connectivity index (χ2v) is 1.22. The zero-order chi connectivity index (χ0) is 4.50. The van der Waals surface area contributed by atoms with Crippen LogP contribution in [-0.4, -0.2) is 23.0 Å². The van der Waals surface area contributed by atoms with Crippen LogP contribution in [0.15, 0.2) is 0 Å². The maximum atomic E-state index is 8.52. The number of hydrogen-bond donors (Lipinski definition) is 1. The first kappa shape index (κ1) is 23.9. The van der Waals surface area contributed by atoms with Gasteiger partial charge in [-0.1, -0.05) is 0 Å². The van der Waals surface area contributed by atoms with E-state index in [1.54, 1.807) is 0 Å². The smallest absolute Gasteiger partial charge is 0.0311 e. The topological polar surface area (TPSA) is 148 Å². The standard InChI is InChI=1S/Mn.H3N.H2O4S.H2O/c;;1-5(2,3)4;/h;1H3;(H2,1,2,3,4);1H2/p-1. The molecule has 0 aromatic carbocycles. The number of hydrogen-bond acceptors (Lipinski definition) is 4. The summed E-state index contributed by atoms with van der Waals surface area (Å²) in [6.45, 7) is 0. The monoisotopic (exact) mass is 187 g/mol. The summed E-state index contributed by atoms with van der Waals surface area (Å²) in [5, 5.41) is 0. The molecule has 0 rings (SSSR count). The molecule has 55 valence electrons. The van der Waals surface area contributed by atoms with Crippen LogP contribution in [0.5, 0.6) is 0 Å². The molecule has 0 fully saturated rings. The molecule has 0 spiro atoms. The minimum absolute atomic E-state index is 0. The molecule has 0 saturated carbocycles. The Balaban J connectivity index is -0.0000000267. The molecular weight excluding hydrogens is 181 g/mol. The molecule has 0 bridgehead atoms. The fourth-order valence-electron chi connectivity index (χ4n) is 0. The third-order valence-corrected chi connectivity index (χ3v) is 0. The summed E-state index contributed by atoms with van der Waals surface area (Å²) in [6.07, 6.45) is 0. The van der Waals surface area contributed by atoms with Crippen LogP contribution in [0.1, 0.15) is 0 Å². The van der Waals surface area contributed by atoms with Crippen molar-refractivity contribution >= 4 is 10.4 Å². The first-order valence-corrected chi connectivity index (χ1v) is 2.00. The van der Waals surface area contributed by atoms with Crippen molar-refractivity contribution in [3.63, 3.8) is 0 Å². The van der Waals surface area contributed by atoms with Gasteiger partial charge in [0.2, 0.25) is 0 Å². The summed E-state index contributed by atoms with van der Waals surface area (Å²) < 4.78 is 34.1. The van der Waals surface area contributed by atoms with Gasteiger partial charge in [-0.2, -0.15) is 0 Å². The molecule has 6 N–H and O–H groups in total. The number of quaternary nitrogens is 1. The largest absolute Gasteiger partial charge is 0.759 e. The van der Waals surface area contributed by atoms with Gasteiger partial charge in [-0.05, 0) is 0 Å². The second-order valence-electron chi connectivity index (χ2n) is 0.408. The maximum absolute atomic E-state index is 8.52. The van der Waals surface area contributed by atoms with E-state index in [0.717, 1.165) is 0 Å². The van der Waals surface area contributed by atoms with Crippen molar-refractivity contribution in [2.45, 2.75) is 0 Å². The Morgan fingerprint density at radius 1 is 1.12 bits per heavy atom. The normalized spacial score (nSPS) is 7.25. The van der Waals surface area contributed by atoms with Gasteiger partial charge in [0, 0.05) is 27.5 Å². The van der Waals surface area contributed by atoms with Crippen molar-refractivity contribution < 1.29 is 40.1 Å². The van der Waals surface area contributed by atoms with Gasteiger partial charge in [-0.15, -0.1) is 0 Å². The fraction of sp³-hybridized carbons (Fsp3) is 0. The maximum Gasteiger partial charge on any atom is 0.0311 e. The third kappa shape index (κ3) is 1860. The van der Waals surface area contributed by atoms with Gasteiger partial charge in [0.25, 0.3) is 0 Å². The molecule has 0 aliphatic heterocycles. The summed E-state index contributed by atoms with van der Waals surface area (Å²) in [4.78, 5) is 0. The molecule has 0 aliphatic carbocycles. The average Bonchev–Trinajstić information content (AvgIpc) is 0.722. The molecule has 8 heavy (non-hydrogen) atoms. The van der Waals surface area contributed by atoms with Gasteiger partial charge < -0.3 is 20.7 Å². The molecule has 8 heteroatoms. The average molecular weight is 187 g/mol. The van der Waals surface area contributed by atoms with Gasteiger partial charge >= 0.3 is 0 Å². The van der Waals surface area contributed by atoms with Crippen LogP contribution < -0.4 is 6.15 Å². The van der Waals surface area contributed by atoms with E-state index in [1.165, 1.54) is 0 Å². The van der Waals surface area contributed by atoms with E-state index in [2.05, 4.69) is 0 Å². The van der Waals surface area contributed by atoms with Crippen molar-refractivity contribution in [1.82, 2.24) is 6.15 Å². The summed E-state index contributed by atoms with van der Waals surface area (Å²) in [7, 11) is -5.17. The first-order valence-electron chi connectivity index (χ1n) is 0.667. The van der Waals surface area contributed by atoms with Crippen LogP contribution in [-0.2, 0) is 27.5 Å². The number of rotatable bonds is 0. The SMILES string of the molecule is O.O=S(=O)([O-])[O-].[Mn].[NH4+]. The molecule has 0 unspecified atom stereocenters. The van der Waals surface area contributed by atoms with Crippen molar-refractivity contribution in [1.29, 1.82) is 0 Å². The third-order valence-electron chi connectivity index (χ3n) is 0. The molecule has 1 radical (unpaired) electrons. The predicted molar refractivity (Wildman–Crippen MR) is 20.1 cm³/mol. The zero-order valence-corrected chi connectivity index (χ0v) is 5.92. The van der Waals surface area contributed by atoms with Crippen LogP contribution in [0.3, 0.4) is 0 Å². The molecule has 6 nitrogen and oxygen atoms in total.